The van der Waals surface area contributed by atoms with Crippen LogP contribution in [0.15, 0.2) is 40.8 Å². The Morgan fingerprint density at radius 3 is 2.71 bits per heavy atom. The number of ether oxygens (including phenoxy) is 1. The van der Waals surface area contributed by atoms with Gasteiger partial charge in [0.2, 0.25) is 5.91 Å². The van der Waals surface area contributed by atoms with Crippen molar-refractivity contribution in [1.82, 2.24) is 4.90 Å². The lowest BCUT2D eigenvalue weighted by molar-refractivity contribution is -0.117. The van der Waals surface area contributed by atoms with Crippen molar-refractivity contribution in [3.05, 3.63) is 47.9 Å². The van der Waals surface area contributed by atoms with E-state index in [9.17, 15) is 4.79 Å². The first kappa shape index (κ1) is 19.0. The van der Waals surface area contributed by atoms with E-state index in [0.29, 0.717) is 19.0 Å². The third kappa shape index (κ3) is 4.56. The third-order valence-corrected chi connectivity index (χ3v) is 5.53. The second kappa shape index (κ2) is 8.37. The number of benzene rings is 1. The van der Waals surface area contributed by atoms with Crippen LogP contribution in [0.2, 0.25) is 0 Å². The summed E-state index contributed by atoms with van der Waals surface area (Å²) in [5.41, 5.74) is 1.90. The van der Waals surface area contributed by atoms with Gasteiger partial charge in [-0.15, -0.1) is 0 Å². The number of hydrogen-bond donors (Lipinski definition) is 1. The highest BCUT2D eigenvalue weighted by Gasteiger charge is 2.36. The summed E-state index contributed by atoms with van der Waals surface area (Å²) in [4.78, 5) is 16.8. The molecule has 1 aliphatic carbocycles. The van der Waals surface area contributed by atoms with Gasteiger partial charge in [0.25, 0.3) is 0 Å². The fourth-order valence-corrected chi connectivity index (χ4v) is 3.81. The van der Waals surface area contributed by atoms with Gasteiger partial charge in [-0.05, 0) is 43.7 Å². The van der Waals surface area contributed by atoms with E-state index in [4.69, 9.17) is 9.15 Å². The number of hydrogen-bond acceptors (Lipinski definition) is 5. The average molecular weight is 383 g/mol. The van der Waals surface area contributed by atoms with E-state index in [1.807, 2.05) is 42.3 Å². The van der Waals surface area contributed by atoms with Gasteiger partial charge in [-0.1, -0.05) is 19.1 Å². The van der Waals surface area contributed by atoms with Crippen molar-refractivity contribution >= 4 is 17.3 Å². The molecule has 2 fully saturated rings. The molecule has 1 aliphatic heterocycles. The molecule has 2 heterocycles. The van der Waals surface area contributed by atoms with Gasteiger partial charge < -0.3 is 19.4 Å². The van der Waals surface area contributed by atoms with Gasteiger partial charge in [0.15, 0.2) is 0 Å². The predicted octanol–water partition coefficient (Wildman–Crippen LogP) is 3.31. The van der Waals surface area contributed by atoms with Gasteiger partial charge >= 0.3 is 0 Å². The molecule has 28 heavy (non-hydrogen) atoms. The van der Waals surface area contributed by atoms with Crippen LogP contribution >= 0.6 is 0 Å². The highest BCUT2D eigenvalue weighted by atomic mass is 16.5. The molecular weight excluding hydrogens is 354 g/mol. The largest absolute Gasteiger partial charge is 0.464 e. The zero-order valence-corrected chi connectivity index (χ0v) is 16.7. The Morgan fingerprint density at radius 1 is 1.21 bits per heavy atom. The van der Waals surface area contributed by atoms with Gasteiger partial charge in [-0.25, -0.2) is 0 Å². The summed E-state index contributed by atoms with van der Waals surface area (Å²) in [5.74, 6) is 3.29. The van der Waals surface area contributed by atoms with E-state index in [2.05, 4.69) is 23.2 Å². The Labute approximate surface area is 166 Å². The number of para-hydroxylation sites is 2. The number of anilines is 2. The number of carbonyl (C=O) groups is 1. The van der Waals surface area contributed by atoms with Crippen molar-refractivity contribution in [2.24, 2.45) is 5.92 Å². The maximum atomic E-state index is 12.6. The van der Waals surface area contributed by atoms with E-state index in [1.54, 1.807) is 0 Å². The fraction of sp³-hybridized carbons (Fsp3) is 0.500. The number of nitrogens with zero attached hydrogens (tertiary/aromatic N) is 2. The van der Waals surface area contributed by atoms with Crippen LogP contribution in [-0.4, -0.2) is 50.7 Å². The van der Waals surface area contributed by atoms with Gasteiger partial charge in [0.1, 0.15) is 11.5 Å². The first-order valence-corrected chi connectivity index (χ1v) is 10.1. The topological polar surface area (TPSA) is 58.0 Å². The maximum Gasteiger partial charge on any atom is 0.238 e. The second-order valence-corrected chi connectivity index (χ2v) is 7.96. The van der Waals surface area contributed by atoms with Crippen molar-refractivity contribution < 1.29 is 13.9 Å². The van der Waals surface area contributed by atoms with Gasteiger partial charge in [0, 0.05) is 19.0 Å². The van der Waals surface area contributed by atoms with Gasteiger partial charge in [-0.3, -0.25) is 9.69 Å². The van der Waals surface area contributed by atoms with E-state index < -0.39 is 0 Å². The number of nitrogens with one attached hydrogen (secondary N) is 1. The van der Waals surface area contributed by atoms with Crippen LogP contribution in [0.25, 0.3) is 0 Å². The SMILES string of the molecule is CC1CC1c1ccc(CN(C)CC(=O)Nc2ccccc2N2CCOCC2)o1. The lowest BCUT2D eigenvalue weighted by atomic mass is 10.2. The lowest BCUT2D eigenvalue weighted by Crippen LogP contribution is -2.37. The van der Waals surface area contributed by atoms with Crippen LogP contribution in [-0.2, 0) is 16.1 Å². The molecular formula is C22H29N3O3. The molecule has 2 aromatic rings. The minimum atomic E-state index is -0.0224. The highest BCUT2D eigenvalue weighted by Crippen LogP contribution is 2.47. The molecule has 2 atom stereocenters. The first-order valence-electron chi connectivity index (χ1n) is 10.1. The molecule has 150 valence electrons. The molecule has 2 unspecified atom stereocenters. The molecule has 0 spiro atoms. The summed E-state index contributed by atoms with van der Waals surface area (Å²) >= 11 is 0. The Morgan fingerprint density at radius 2 is 1.96 bits per heavy atom. The smallest absolute Gasteiger partial charge is 0.238 e. The van der Waals surface area contributed by atoms with Crippen molar-refractivity contribution in [3.8, 4) is 0 Å². The van der Waals surface area contributed by atoms with Crippen LogP contribution in [0.1, 0.15) is 30.8 Å². The number of likely N-dealkylation sites (N-methyl/N-ethyl adjacent to an activating group) is 1. The van der Waals surface area contributed by atoms with Crippen LogP contribution in [0, 0.1) is 5.92 Å². The van der Waals surface area contributed by atoms with Crippen molar-refractivity contribution in [1.29, 1.82) is 0 Å². The Balaban J connectivity index is 1.32. The quantitative estimate of drug-likeness (QED) is 0.795. The van der Waals surface area contributed by atoms with E-state index >= 15 is 0 Å². The monoisotopic (exact) mass is 383 g/mol. The molecule has 6 nitrogen and oxygen atoms in total. The number of amides is 1. The molecule has 0 radical (unpaired) electrons. The zero-order chi connectivity index (χ0) is 19.5. The fourth-order valence-electron chi connectivity index (χ4n) is 3.81. The van der Waals surface area contributed by atoms with Gasteiger partial charge in [0.05, 0.1) is 37.7 Å². The Kier molecular flexibility index (Phi) is 5.69. The van der Waals surface area contributed by atoms with Gasteiger partial charge in [-0.2, -0.15) is 0 Å². The third-order valence-electron chi connectivity index (χ3n) is 5.53. The molecule has 1 aromatic carbocycles. The molecule has 4 rings (SSSR count). The molecule has 1 amide bonds. The zero-order valence-electron chi connectivity index (χ0n) is 16.7. The van der Waals surface area contributed by atoms with Crippen molar-refractivity contribution in [3.63, 3.8) is 0 Å². The minimum Gasteiger partial charge on any atom is -0.464 e. The van der Waals surface area contributed by atoms with Crippen molar-refractivity contribution in [2.45, 2.75) is 25.8 Å². The predicted molar refractivity (Wildman–Crippen MR) is 110 cm³/mol. The number of furan rings is 1. The average Bonchev–Trinajstić information content (AvgIpc) is 3.24. The summed E-state index contributed by atoms with van der Waals surface area (Å²) < 4.78 is 11.4. The number of morpholine rings is 1. The molecule has 2 aliphatic rings. The van der Waals surface area contributed by atoms with Crippen LogP contribution in [0.5, 0.6) is 0 Å². The maximum absolute atomic E-state index is 12.6. The Bertz CT molecular complexity index is 813. The summed E-state index contributed by atoms with van der Waals surface area (Å²) in [7, 11) is 1.94. The summed E-state index contributed by atoms with van der Waals surface area (Å²) in [6, 6.07) is 12.1. The highest BCUT2D eigenvalue weighted by molar-refractivity contribution is 5.95. The normalized spacial score (nSPS) is 21.8. The molecule has 1 aromatic heterocycles. The number of carbonyl (C=O) groups excluding carboxylic acids is 1. The summed E-state index contributed by atoms with van der Waals surface area (Å²) in [6.45, 7) is 6.30. The van der Waals surface area contributed by atoms with E-state index in [0.717, 1.165) is 55.1 Å². The lowest BCUT2D eigenvalue weighted by Gasteiger charge is -2.30. The molecule has 6 heteroatoms. The standard InChI is InChI=1S/C22H29N3O3/c1-16-13-18(16)21-8-7-17(28-21)14-24(2)15-22(26)23-19-5-3-4-6-20(19)25-9-11-27-12-10-25/h3-8,16,18H,9-15H2,1-2H3,(H,23,26). The minimum absolute atomic E-state index is 0.0224. The van der Waals surface area contributed by atoms with E-state index in [1.165, 1.54) is 6.42 Å². The number of rotatable bonds is 7. The van der Waals surface area contributed by atoms with Crippen molar-refractivity contribution in [2.75, 3.05) is 50.1 Å². The molecule has 1 saturated heterocycles. The van der Waals surface area contributed by atoms with Crippen LogP contribution in [0.3, 0.4) is 0 Å². The molecule has 1 N–H and O–H groups in total. The first-order chi connectivity index (χ1) is 13.6. The van der Waals surface area contributed by atoms with Crippen LogP contribution < -0.4 is 10.2 Å². The Hall–Kier alpha value is -2.31. The summed E-state index contributed by atoms with van der Waals surface area (Å²) in [5, 5.41) is 3.07. The summed E-state index contributed by atoms with van der Waals surface area (Å²) in [6.07, 6.45) is 1.22. The van der Waals surface area contributed by atoms with E-state index in [-0.39, 0.29) is 5.91 Å². The molecule has 1 saturated carbocycles. The second-order valence-electron chi connectivity index (χ2n) is 7.96. The van der Waals surface area contributed by atoms with Crippen LogP contribution in [0.4, 0.5) is 11.4 Å². The molecule has 0 bridgehead atoms.